The van der Waals surface area contributed by atoms with Gasteiger partial charge in [0.25, 0.3) is 5.91 Å². The number of carbonyl (C=O) groups excluding carboxylic acids is 1. The second kappa shape index (κ2) is 9.53. The van der Waals surface area contributed by atoms with Crippen LogP contribution in [-0.4, -0.2) is 22.3 Å². The third-order valence-electron chi connectivity index (χ3n) is 4.20. The van der Waals surface area contributed by atoms with E-state index in [-0.39, 0.29) is 12.5 Å². The molecule has 0 saturated heterocycles. The Labute approximate surface area is 166 Å². The minimum Gasteiger partial charge on any atom is -0.482 e. The highest BCUT2D eigenvalue weighted by Gasteiger charge is 2.17. The molecular weight excluding hydrogens is 448 g/mol. The Morgan fingerprint density at radius 2 is 1.96 bits per heavy atom. The van der Waals surface area contributed by atoms with Crippen LogP contribution in [0.2, 0.25) is 0 Å². The van der Waals surface area contributed by atoms with Gasteiger partial charge in [0, 0.05) is 10.2 Å². The molecule has 0 atom stereocenters. The molecule has 1 heterocycles. The SMILES string of the molecule is CCCCCCc1c(C)nn(C(=O)COc2ccc(Br)cc2Br)c1C. The largest absolute Gasteiger partial charge is 0.482 e. The summed E-state index contributed by atoms with van der Waals surface area (Å²) in [7, 11) is 0. The number of nitrogens with zero attached hydrogens (tertiary/aromatic N) is 2. The smallest absolute Gasteiger partial charge is 0.284 e. The zero-order chi connectivity index (χ0) is 18.4. The lowest BCUT2D eigenvalue weighted by Gasteiger charge is -2.09. The number of rotatable bonds is 8. The van der Waals surface area contributed by atoms with Crippen molar-refractivity contribution in [2.75, 3.05) is 6.61 Å². The van der Waals surface area contributed by atoms with Gasteiger partial charge in [-0.05, 0) is 66.4 Å². The Balaban J connectivity index is 2.01. The van der Waals surface area contributed by atoms with Gasteiger partial charge in [-0.25, -0.2) is 4.68 Å². The number of hydrogen-bond donors (Lipinski definition) is 0. The zero-order valence-electron chi connectivity index (χ0n) is 14.9. The Kier molecular flexibility index (Phi) is 7.69. The van der Waals surface area contributed by atoms with Crippen molar-refractivity contribution < 1.29 is 9.53 Å². The highest BCUT2D eigenvalue weighted by atomic mass is 79.9. The van der Waals surface area contributed by atoms with E-state index in [1.807, 2.05) is 32.0 Å². The van der Waals surface area contributed by atoms with E-state index >= 15 is 0 Å². The Morgan fingerprint density at radius 3 is 2.64 bits per heavy atom. The van der Waals surface area contributed by atoms with Crippen molar-refractivity contribution in [2.24, 2.45) is 0 Å². The molecule has 0 unspecified atom stereocenters. The number of ether oxygens (including phenoxy) is 1. The third-order valence-corrected chi connectivity index (χ3v) is 5.32. The van der Waals surface area contributed by atoms with E-state index in [2.05, 4.69) is 43.9 Å². The second-order valence-corrected chi connectivity index (χ2v) is 7.90. The van der Waals surface area contributed by atoms with E-state index < -0.39 is 0 Å². The van der Waals surface area contributed by atoms with Crippen LogP contribution in [0.15, 0.2) is 27.1 Å². The van der Waals surface area contributed by atoms with Crippen molar-refractivity contribution in [1.82, 2.24) is 9.78 Å². The maximum atomic E-state index is 12.5. The number of aromatic nitrogens is 2. The zero-order valence-corrected chi connectivity index (χ0v) is 18.1. The van der Waals surface area contributed by atoms with Gasteiger partial charge in [0.05, 0.1) is 10.2 Å². The molecule has 1 aromatic carbocycles. The first-order valence-corrected chi connectivity index (χ1v) is 10.2. The van der Waals surface area contributed by atoms with Gasteiger partial charge in [-0.15, -0.1) is 0 Å². The van der Waals surface area contributed by atoms with Crippen molar-refractivity contribution in [2.45, 2.75) is 52.9 Å². The molecule has 0 fully saturated rings. The van der Waals surface area contributed by atoms with Gasteiger partial charge in [0.1, 0.15) is 5.75 Å². The fourth-order valence-corrected chi connectivity index (χ4v) is 3.96. The minimum absolute atomic E-state index is 0.0442. The van der Waals surface area contributed by atoms with E-state index in [0.717, 1.165) is 33.2 Å². The van der Waals surface area contributed by atoms with Crippen LogP contribution < -0.4 is 4.74 Å². The molecule has 1 aromatic heterocycles. The van der Waals surface area contributed by atoms with E-state index in [4.69, 9.17) is 4.74 Å². The normalized spacial score (nSPS) is 10.9. The van der Waals surface area contributed by atoms with Crippen LogP contribution in [-0.2, 0) is 6.42 Å². The molecule has 4 nitrogen and oxygen atoms in total. The van der Waals surface area contributed by atoms with Crippen molar-refractivity contribution in [1.29, 1.82) is 0 Å². The van der Waals surface area contributed by atoms with Gasteiger partial charge in [-0.1, -0.05) is 42.1 Å². The highest BCUT2D eigenvalue weighted by molar-refractivity contribution is 9.11. The van der Waals surface area contributed by atoms with Crippen molar-refractivity contribution >= 4 is 37.8 Å². The second-order valence-electron chi connectivity index (χ2n) is 6.13. The standard InChI is InChI=1S/C19H24Br2N2O2/c1-4-5-6-7-8-16-13(2)22-23(14(16)3)19(24)12-25-18-10-9-15(20)11-17(18)21/h9-11H,4-8,12H2,1-3H3. The highest BCUT2D eigenvalue weighted by Crippen LogP contribution is 2.28. The Bertz CT molecular complexity index is 741. The predicted octanol–water partition coefficient (Wildman–Crippen LogP) is 5.87. The van der Waals surface area contributed by atoms with Gasteiger partial charge >= 0.3 is 0 Å². The van der Waals surface area contributed by atoms with Crippen LogP contribution in [0.25, 0.3) is 0 Å². The molecule has 136 valence electrons. The van der Waals surface area contributed by atoms with Gasteiger partial charge in [-0.3, -0.25) is 4.79 Å². The molecule has 0 saturated carbocycles. The van der Waals surface area contributed by atoms with Gasteiger partial charge in [0.15, 0.2) is 6.61 Å². The predicted molar refractivity (Wildman–Crippen MR) is 108 cm³/mol. The summed E-state index contributed by atoms with van der Waals surface area (Å²) in [6.07, 6.45) is 5.80. The molecular formula is C19H24Br2N2O2. The summed E-state index contributed by atoms with van der Waals surface area (Å²) in [4.78, 5) is 12.5. The number of aryl methyl sites for hydroxylation is 1. The lowest BCUT2D eigenvalue weighted by molar-refractivity contribution is 0.0817. The topological polar surface area (TPSA) is 44.1 Å². The fraction of sp³-hybridized carbons (Fsp3) is 0.474. The van der Waals surface area contributed by atoms with E-state index in [9.17, 15) is 4.79 Å². The number of benzene rings is 1. The quantitative estimate of drug-likeness (QED) is 0.452. The van der Waals surface area contributed by atoms with Gasteiger partial charge in [0.2, 0.25) is 0 Å². The van der Waals surface area contributed by atoms with E-state index in [0.29, 0.717) is 5.75 Å². The van der Waals surface area contributed by atoms with Crippen LogP contribution in [0.5, 0.6) is 5.75 Å². The van der Waals surface area contributed by atoms with Crippen LogP contribution in [0, 0.1) is 13.8 Å². The average molecular weight is 472 g/mol. The molecule has 0 spiro atoms. The number of hydrogen-bond acceptors (Lipinski definition) is 3. The molecule has 25 heavy (non-hydrogen) atoms. The summed E-state index contributed by atoms with van der Waals surface area (Å²) >= 11 is 6.83. The molecule has 0 amide bonds. The summed E-state index contributed by atoms with van der Waals surface area (Å²) in [6, 6.07) is 5.58. The van der Waals surface area contributed by atoms with Gasteiger partial charge < -0.3 is 4.74 Å². The Morgan fingerprint density at radius 1 is 1.20 bits per heavy atom. The number of carbonyl (C=O) groups is 1. The van der Waals surface area contributed by atoms with Crippen LogP contribution in [0.1, 0.15) is 54.4 Å². The third kappa shape index (κ3) is 5.42. The average Bonchev–Trinajstić information content (AvgIpc) is 2.85. The van der Waals surface area contributed by atoms with Crippen molar-refractivity contribution in [3.8, 4) is 5.75 Å². The molecule has 0 aliphatic carbocycles. The molecule has 0 radical (unpaired) electrons. The Hall–Kier alpha value is -1.14. The minimum atomic E-state index is -0.157. The van der Waals surface area contributed by atoms with E-state index in [1.165, 1.54) is 29.5 Å². The van der Waals surface area contributed by atoms with E-state index in [1.54, 1.807) is 0 Å². The first kappa shape index (κ1) is 20.2. The molecule has 0 N–H and O–H groups in total. The number of halogens is 2. The summed E-state index contributed by atoms with van der Waals surface area (Å²) in [6.45, 7) is 6.09. The van der Waals surface area contributed by atoms with Crippen molar-refractivity contribution in [3.63, 3.8) is 0 Å². The summed E-state index contributed by atoms with van der Waals surface area (Å²) < 4.78 is 8.88. The first-order valence-electron chi connectivity index (χ1n) is 8.60. The molecule has 0 aliphatic rings. The lowest BCUT2D eigenvalue weighted by Crippen LogP contribution is -2.22. The molecule has 2 aromatic rings. The van der Waals surface area contributed by atoms with Crippen LogP contribution in [0.3, 0.4) is 0 Å². The maximum Gasteiger partial charge on any atom is 0.284 e. The number of unbranched alkanes of at least 4 members (excludes halogenated alkanes) is 3. The fourth-order valence-electron chi connectivity index (χ4n) is 2.80. The van der Waals surface area contributed by atoms with Crippen LogP contribution in [0.4, 0.5) is 0 Å². The first-order chi connectivity index (χ1) is 11.9. The summed E-state index contributed by atoms with van der Waals surface area (Å²) in [5.74, 6) is 0.480. The van der Waals surface area contributed by atoms with Crippen molar-refractivity contribution in [3.05, 3.63) is 44.1 Å². The van der Waals surface area contributed by atoms with Gasteiger partial charge in [-0.2, -0.15) is 5.10 Å². The van der Waals surface area contributed by atoms with Crippen LogP contribution >= 0.6 is 31.9 Å². The molecule has 6 heteroatoms. The summed E-state index contributed by atoms with van der Waals surface area (Å²) in [5, 5.41) is 4.43. The molecule has 0 aliphatic heterocycles. The summed E-state index contributed by atoms with van der Waals surface area (Å²) in [5.41, 5.74) is 3.05. The monoisotopic (exact) mass is 470 g/mol. The molecule has 0 bridgehead atoms. The molecule has 2 rings (SSSR count). The maximum absolute atomic E-state index is 12.5. The lowest BCUT2D eigenvalue weighted by atomic mass is 10.0.